The number of nitrogens with zero attached hydrogens (tertiary/aromatic N) is 5. The SMILES string of the molecule is CCn1c(-c2cc(N3CCN(C4CC4)CC3)cnc2[C@H](C)OC)c2c3cc(ccc31)-c1cc(cc(OC[C@H](COC)OC[C@H](C(C)=O)C(C)C)c1)C[C@H](C)C(=O)N(C)CCC[C@H](C)C(=O)OCC(C)(C)C2. The number of benzene rings is 2. The first-order valence-corrected chi connectivity index (χ1v) is 26.4. The fourth-order valence-electron chi connectivity index (χ4n) is 10.7. The zero-order valence-electron chi connectivity index (χ0n) is 45.0. The van der Waals surface area contributed by atoms with Crippen molar-refractivity contribution in [2.24, 2.45) is 29.1 Å². The predicted octanol–water partition coefficient (Wildman–Crippen LogP) is 9.83. The number of rotatable bonds is 16. The Balaban J connectivity index is 1.37. The second-order valence-electron chi connectivity index (χ2n) is 22.0. The number of fused-ring (bicyclic) bond motifs is 4. The number of Topliss-reactive ketones (excluding diaryl/α,β-unsaturated/α-hetero) is 1. The number of pyridine rings is 1. The molecule has 1 aliphatic carbocycles. The van der Waals surface area contributed by atoms with Gasteiger partial charge >= 0.3 is 5.97 Å². The zero-order valence-corrected chi connectivity index (χ0v) is 45.0. The third kappa shape index (κ3) is 13.2. The summed E-state index contributed by atoms with van der Waals surface area (Å²) in [5.41, 5.74) is 8.89. The van der Waals surface area contributed by atoms with Crippen LogP contribution < -0.4 is 9.64 Å². The standard InChI is InChI=1S/C58H83N5O8/c1-13-63-53-19-16-43-29-49(53)51(55(63)50-30-46(32-59-54(50)41(7)68-12)62-23-21-61(22-24-62)45-17-18-45)31-58(8,9)36-71-57(66)38(4)15-14-20-60(10)56(65)39(5)25-42-26-44(43)28-47(27-42)69-34-48(33-67-11)70-35-52(37(2)3)40(6)64/h16,19,26-30,32,37-39,41,45,48,52H,13-15,17-18,20-25,31,33-36H2,1-12H3/t38-,39-,41-,48-,52-/m0/s1. The third-order valence-electron chi connectivity index (χ3n) is 15.2. The van der Waals surface area contributed by atoms with Crippen molar-refractivity contribution in [1.82, 2.24) is 19.4 Å². The first-order valence-electron chi connectivity index (χ1n) is 26.4. The smallest absolute Gasteiger partial charge is 0.308 e. The number of hydrogen-bond donors (Lipinski definition) is 0. The minimum atomic E-state index is -0.449. The maximum absolute atomic E-state index is 13.9. The van der Waals surface area contributed by atoms with Crippen molar-refractivity contribution in [3.05, 3.63) is 65.5 Å². The number of amides is 1. The number of ketones is 1. The van der Waals surface area contributed by atoms with Gasteiger partial charge in [0.1, 0.15) is 24.2 Å². The number of carbonyl (C=O) groups is 3. The van der Waals surface area contributed by atoms with E-state index >= 15 is 0 Å². The van der Waals surface area contributed by atoms with Crippen LogP contribution in [0.2, 0.25) is 0 Å². The zero-order chi connectivity index (χ0) is 51.1. The Hall–Kier alpha value is -4.82. The number of aromatic nitrogens is 2. The summed E-state index contributed by atoms with van der Waals surface area (Å²) in [5, 5.41) is 1.11. The molecule has 2 aromatic heterocycles. The van der Waals surface area contributed by atoms with E-state index in [-0.39, 0.29) is 67.3 Å². The molecule has 2 aromatic carbocycles. The molecule has 0 unspecified atom stereocenters. The number of aryl methyl sites for hydroxylation is 1. The number of hydrogen-bond acceptors (Lipinski definition) is 11. The summed E-state index contributed by atoms with van der Waals surface area (Å²) in [4.78, 5) is 52.1. The number of esters is 1. The van der Waals surface area contributed by atoms with Gasteiger partial charge in [-0.15, -0.1) is 0 Å². The van der Waals surface area contributed by atoms with E-state index in [9.17, 15) is 14.4 Å². The molecule has 7 rings (SSSR count). The molecule has 1 amide bonds. The van der Waals surface area contributed by atoms with Crippen LogP contribution in [0, 0.1) is 29.1 Å². The summed E-state index contributed by atoms with van der Waals surface area (Å²) in [6, 6.07) is 16.1. The second-order valence-corrected chi connectivity index (χ2v) is 22.0. The molecular formula is C58H83N5O8. The van der Waals surface area contributed by atoms with Crippen LogP contribution in [0.15, 0.2) is 48.7 Å². The molecule has 2 fully saturated rings. The summed E-state index contributed by atoms with van der Waals surface area (Å²) < 4.78 is 33.2. The van der Waals surface area contributed by atoms with Crippen LogP contribution in [0.1, 0.15) is 111 Å². The Labute approximate surface area is 423 Å². The molecule has 3 aliphatic rings. The number of anilines is 1. The van der Waals surface area contributed by atoms with E-state index in [4.69, 9.17) is 28.7 Å². The number of cyclic esters (lactones) is 1. The first kappa shape index (κ1) is 54.0. The maximum Gasteiger partial charge on any atom is 0.308 e. The van der Waals surface area contributed by atoms with Gasteiger partial charge in [-0.25, -0.2) is 0 Å². The van der Waals surface area contributed by atoms with Gasteiger partial charge in [0.25, 0.3) is 0 Å². The lowest BCUT2D eigenvalue weighted by Gasteiger charge is -2.36. The Morgan fingerprint density at radius 1 is 0.901 bits per heavy atom. The van der Waals surface area contributed by atoms with Gasteiger partial charge in [0, 0.05) is 100 Å². The Bertz CT molecular complexity index is 2470. The summed E-state index contributed by atoms with van der Waals surface area (Å²) in [6.07, 6.45) is 6.39. The minimum absolute atomic E-state index is 0.0451. The normalized spacial score (nSPS) is 21.1. The van der Waals surface area contributed by atoms with Crippen molar-refractivity contribution in [1.29, 1.82) is 0 Å². The van der Waals surface area contributed by atoms with Gasteiger partial charge < -0.3 is 38.1 Å². The summed E-state index contributed by atoms with van der Waals surface area (Å²) in [7, 11) is 5.23. The van der Waals surface area contributed by atoms with Crippen molar-refractivity contribution in [3.8, 4) is 28.1 Å². The molecule has 4 heterocycles. The topological polar surface area (TPSA) is 125 Å². The van der Waals surface area contributed by atoms with Crippen LogP contribution in [0.5, 0.6) is 5.75 Å². The van der Waals surface area contributed by atoms with E-state index < -0.39 is 11.5 Å². The average molecular weight is 978 g/mol. The lowest BCUT2D eigenvalue weighted by atomic mass is 9.84. The Morgan fingerprint density at radius 3 is 2.31 bits per heavy atom. The Morgan fingerprint density at radius 2 is 1.65 bits per heavy atom. The molecule has 0 radical (unpaired) electrons. The van der Waals surface area contributed by atoms with E-state index in [0.29, 0.717) is 51.1 Å². The molecule has 1 saturated heterocycles. The van der Waals surface area contributed by atoms with Crippen LogP contribution >= 0.6 is 0 Å². The van der Waals surface area contributed by atoms with Crippen LogP contribution in [-0.2, 0) is 52.7 Å². The van der Waals surface area contributed by atoms with E-state index in [1.807, 2.05) is 47.0 Å². The van der Waals surface area contributed by atoms with Gasteiger partial charge in [-0.3, -0.25) is 24.3 Å². The molecular weight excluding hydrogens is 895 g/mol. The molecule has 5 atom stereocenters. The highest BCUT2D eigenvalue weighted by Crippen LogP contribution is 2.44. The van der Waals surface area contributed by atoms with Crippen molar-refractivity contribution in [3.63, 3.8) is 0 Å². The van der Waals surface area contributed by atoms with E-state index in [1.165, 1.54) is 12.8 Å². The van der Waals surface area contributed by atoms with Crippen LogP contribution in [0.3, 0.4) is 0 Å². The van der Waals surface area contributed by atoms with Crippen LogP contribution in [-0.4, -0.2) is 130 Å². The van der Waals surface area contributed by atoms with Gasteiger partial charge in [0.15, 0.2) is 0 Å². The summed E-state index contributed by atoms with van der Waals surface area (Å²) in [5.74, 6) is -0.111. The van der Waals surface area contributed by atoms with Crippen molar-refractivity contribution < 1.29 is 38.1 Å². The van der Waals surface area contributed by atoms with Crippen LogP contribution in [0.4, 0.5) is 5.69 Å². The number of methoxy groups -OCH3 is 2. The average Bonchev–Trinajstić information content (AvgIpc) is 4.16. The predicted molar refractivity (Wildman–Crippen MR) is 282 cm³/mol. The molecule has 4 aromatic rings. The fraction of sp³-hybridized carbons (Fsp3) is 0.621. The van der Waals surface area contributed by atoms with Gasteiger partial charge in [-0.1, -0.05) is 53.7 Å². The van der Waals surface area contributed by atoms with Gasteiger partial charge in [-0.05, 0) is 118 Å². The maximum atomic E-state index is 13.9. The van der Waals surface area contributed by atoms with E-state index in [0.717, 1.165) is 88.0 Å². The van der Waals surface area contributed by atoms with Crippen molar-refractivity contribution in [2.45, 2.75) is 126 Å². The van der Waals surface area contributed by atoms with E-state index in [1.54, 1.807) is 26.0 Å². The van der Waals surface area contributed by atoms with Gasteiger partial charge in [0.05, 0.1) is 55.1 Å². The molecule has 388 valence electrons. The quantitative estimate of drug-likeness (QED) is 0.0997. The van der Waals surface area contributed by atoms with Crippen LogP contribution in [0.25, 0.3) is 33.3 Å². The molecule has 13 heteroatoms. The molecule has 0 spiro atoms. The monoisotopic (exact) mass is 978 g/mol. The summed E-state index contributed by atoms with van der Waals surface area (Å²) >= 11 is 0. The third-order valence-corrected chi connectivity index (χ3v) is 15.2. The first-order chi connectivity index (χ1) is 33.9. The number of piperazine rings is 1. The summed E-state index contributed by atoms with van der Waals surface area (Å²) in [6.45, 7) is 24.5. The molecule has 2 aliphatic heterocycles. The second kappa shape index (κ2) is 23.8. The molecule has 71 heavy (non-hydrogen) atoms. The highest BCUT2D eigenvalue weighted by molar-refractivity contribution is 5.96. The lowest BCUT2D eigenvalue weighted by molar-refractivity contribution is -0.151. The highest BCUT2D eigenvalue weighted by Gasteiger charge is 2.34. The fourth-order valence-corrected chi connectivity index (χ4v) is 10.7. The van der Waals surface area contributed by atoms with E-state index in [2.05, 4.69) is 78.5 Å². The molecule has 1 saturated carbocycles. The largest absolute Gasteiger partial charge is 0.491 e. The molecule has 4 bridgehead atoms. The highest BCUT2D eigenvalue weighted by atomic mass is 16.6. The van der Waals surface area contributed by atoms with Gasteiger partial charge in [0.2, 0.25) is 5.91 Å². The van der Waals surface area contributed by atoms with Crippen molar-refractivity contribution >= 4 is 34.3 Å². The van der Waals surface area contributed by atoms with Gasteiger partial charge in [-0.2, -0.15) is 0 Å². The number of ether oxygens (including phenoxy) is 5. The molecule has 13 nitrogen and oxygen atoms in total. The molecule has 0 N–H and O–H groups in total. The number of carbonyl (C=O) groups excluding carboxylic acids is 3. The van der Waals surface area contributed by atoms with Crippen molar-refractivity contribution in [2.75, 3.05) is 85.3 Å². The minimum Gasteiger partial charge on any atom is -0.491 e. The lowest BCUT2D eigenvalue weighted by Crippen LogP contribution is -2.47. The Kier molecular flexibility index (Phi) is 18.1.